The first-order valence-electron chi connectivity index (χ1n) is 12.5. The van der Waals surface area contributed by atoms with Gasteiger partial charge >= 0.3 is 0 Å². The molecule has 11 heteroatoms. The second-order valence-electron chi connectivity index (χ2n) is 10.2. The molecule has 1 spiro atoms. The molecule has 9 nitrogen and oxygen atoms in total. The van der Waals surface area contributed by atoms with Gasteiger partial charge in [0.2, 0.25) is 5.95 Å². The number of nitrogens with one attached hydrogen (secondary N) is 1. The highest BCUT2D eigenvalue weighted by Crippen LogP contribution is 2.51. The fraction of sp³-hybridized carbons (Fsp3) is 0.296. The number of benzene rings is 2. The number of rotatable bonds is 2. The van der Waals surface area contributed by atoms with E-state index in [0.29, 0.717) is 49.3 Å². The van der Waals surface area contributed by atoms with Crippen molar-refractivity contribution >= 4 is 51.1 Å². The van der Waals surface area contributed by atoms with Crippen molar-refractivity contribution in [2.45, 2.75) is 25.3 Å². The Kier molecular flexibility index (Phi) is 5.17. The molecule has 1 fully saturated rings. The van der Waals surface area contributed by atoms with E-state index in [-0.39, 0.29) is 17.2 Å². The van der Waals surface area contributed by atoms with Crippen molar-refractivity contribution in [3.8, 4) is 17.3 Å². The predicted molar refractivity (Wildman–Crippen MR) is 147 cm³/mol. The van der Waals surface area contributed by atoms with Gasteiger partial charge in [0.15, 0.2) is 11.3 Å². The third-order valence-corrected chi connectivity index (χ3v) is 9.11. The fourth-order valence-corrected chi connectivity index (χ4v) is 6.82. The Morgan fingerprint density at radius 3 is 2.66 bits per heavy atom. The largest absolute Gasteiger partial charge is 0.341 e. The Hall–Kier alpha value is -3.71. The SMILES string of the molecule is Cn1nc2ccc(-c3[nH]nc4nc(N5CCC6(CC5)Cc5ccccc5[C@H]6N)nc(C#N)c34)c(Cl)c2c1Cl. The average molecular weight is 544 g/mol. The standard InChI is InChI=1S/C27H23Cl2N9/c1-37-24(29)19-17(36-37)7-6-16(21(19)28)22-20-18(13-30)32-26(33-25(20)35-34-22)38-10-8-27(9-11-38)12-14-4-2-3-5-15(14)23(27)31/h2-7,23H,8-12,31H2,1H3,(H,32,33,34,35)/t23-/m1/s1. The van der Waals surface area contributed by atoms with Crippen molar-refractivity contribution in [3.05, 3.63) is 63.4 Å². The zero-order valence-electron chi connectivity index (χ0n) is 20.5. The van der Waals surface area contributed by atoms with E-state index in [1.54, 1.807) is 11.7 Å². The minimum Gasteiger partial charge on any atom is -0.341 e. The summed E-state index contributed by atoms with van der Waals surface area (Å²) in [6.07, 6.45) is 2.86. The number of nitrogens with zero attached hydrogens (tertiary/aromatic N) is 7. The molecule has 0 unspecified atom stereocenters. The van der Waals surface area contributed by atoms with Crippen LogP contribution in [0.1, 0.15) is 35.7 Å². The van der Waals surface area contributed by atoms with Crippen molar-refractivity contribution in [3.63, 3.8) is 0 Å². The van der Waals surface area contributed by atoms with Gasteiger partial charge < -0.3 is 10.6 Å². The number of piperidine rings is 1. The summed E-state index contributed by atoms with van der Waals surface area (Å²) in [6, 6.07) is 14.4. The minimum atomic E-state index is 0.0308. The van der Waals surface area contributed by atoms with Gasteiger partial charge in [-0.25, -0.2) is 4.98 Å². The highest BCUT2D eigenvalue weighted by Gasteiger charge is 2.46. The first kappa shape index (κ1) is 23.4. The summed E-state index contributed by atoms with van der Waals surface area (Å²) in [6.45, 7) is 1.52. The highest BCUT2D eigenvalue weighted by atomic mass is 35.5. The first-order chi connectivity index (χ1) is 18.4. The van der Waals surface area contributed by atoms with Gasteiger partial charge in [-0.15, -0.1) is 0 Å². The summed E-state index contributed by atoms with van der Waals surface area (Å²) >= 11 is 13.2. The van der Waals surface area contributed by atoms with Crippen LogP contribution in [0.3, 0.4) is 0 Å². The van der Waals surface area contributed by atoms with Crippen molar-refractivity contribution in [1.82, 2.24) is 29.9 Å². The number of hydrogen-bond acceptors (Lipinski definition) is 7. The predicted octanol–water partition coefficient (Wildman–Crippen LogP) is 4.93. The molecular weight excluding hydrogens is 521 g/mol. The van der Waals surface area contributed by atoms with Crippen molar-refractivity contribution in [2.24, 2.45) is 18.2 Å². The highest BCUT2D eigenvalue weighted by molar-refractivity contribution is 6.43. The van der Waals surface area contributed by atoms with Crippen LogP contribution in [-0.4, -0.2) is 43.0 Å². The van der Waals surface area contributed by atoms with E-state index >= 15 is 0 Å². The topological polar surface area (TPSA) is 125 Å². The van der Waals surface area contributed by atoms with E-state index in [4.69, 9.17) is 33.9 Å². The number of nitrogens with two attached hydrogens (primary N) is 1. The molecule has 0 amide bonds. The van der Waals surface area contributed by atoms with E-state index in [2.05, 4.69) is 55.5 Å². The third kappa shape index (κ3) is 3.27. The van der Waals surface area contributed by atoms with Gasteiger partial charge in [0.25, 0.3) is 0 Å². The Morgan fingerprint density at radius 1 is 1.11 bits per heavy atom. The molecule has 3 N–H and O–H groups in total. The van der Waals surface area contributed by atoms with Gasteiger partial charge in [-0.2, -0.15) is 20.4 Å². The molecule has 1 atom stereocenters. The van der Waals surface area contributed by atoms with Crippen LogP contribution in [-0.2, 0) is 13.5 Å². The van der Waals surface area contributed by atoms with Gasteiger partial charge in [0.05, 0.1) is 27.0 Å². The Bertz CT molecular complexity index is 1790. The van der Waals surface area contributed by atoms with Crippen LogP contribution in [0, 0.1) is 16.7 Å². The maximum atomic E-state index is 10.1. The van der Waals surface area contributed by atoms with Crippen LogP contribution >= 0.6 is 23.2 Å². The molecule has 2 aliphatic rings. The van der Waals surface area contributed by atoms with Gasteiger partial charge in [-0.1, -0.05) is 47.5 Å². The third-order valence-electron chi connectivity index (χ3n) is 8.28. The Balaban J connectivity index is 1.23. The van der Waals surface area contributed by atoms with Crippen LogP contribution in [0.4, 0.5) is 5.95 Å². The molecule has 1 saturated heterocycles. The maximum absolute atomic E-state index is 10.1. The van der Waals surface area contributed by atoms with Gasteiger partial charge in [0.1, 0.15) is 11.2 Å². The molecule has 4 heterocycles. The number of H-pyrrole nitrogens is 1. The lowest BCUT2D eigenvalue weighted by atomic mass is 9.73. The maximum Gasteiger partial charge on any atom is 0.228 e. The molecule has 3 aromatic heterocycles. The number of aryl methyl sites for hydroxylation is 1. The zero-order chi connectivity index (χ0) is 26.2. The smallest absolute Gasteiger partial charge is 0.228 e. The molecule has 190 valence electrons. The molecule has 1 aliphatic carbocycles. The molecule has 5 aromatic rings. The summed E-state index contributed by atoms with van der Waals surface area (Å²) in [5, 5.41) is 23.9. The average Bonchev–Trinajstić information content (AvgIpc) is 3.57. The fourth-order valence-electron chi connectivity index (χ4n) is 6.19. The lowest BCUT2D eigenvalue weighted by molar-refractivity contribution is 0.187. The van der Waals surface area contributed by atoms with Crippen LogP contribution in [0.15, 0.2) is 36.4 Å². The first-order valence-corrected chi connectivity index (χ1v) is 13.2. The lowest BCUT2D eigenvalue weighted by Gasteiger charge is -2.42. The van der Waals surface area contributed by atoms with E-state index in [1.165, 1.54) is 11.1 Å². The second-order valence-corrected chi connectivity index (χ2v) is 11.0. The molecule has 0 bridgehead atoms. The van der Waals surface area contributed by atoms with Gasteiger partial charge in [-0.05, 0) is 47.9 Å². The molecule has 0 radical (unpaired) electrons. The van der Waals surface area contributed by atoms with Crippen molar-refractivity contribution in [2.75, 3.05) is 18.0 Å². The number of aromatic amines is 1. The molecule has 7 rings (SSSR count). The van der Waals surface area contributed by atoms with E-state index < -0.39 is 0 Å². The quantitative estimate of drug-likeness (QED) is 0.323. The van der Waals surface area contributed by atoms with Crippen LogP contribution < -0.4 is 10.6 Å². The van der Waals surface area contributed by atoms with Crippen LogP contribution in [0.5, 0.6) is 0 Å². The summed E-state index contributed by atoms with van der Waals surface area (Å²) in [5.41, 5.74) is 12.0. The van der Waals surface area contributed by atoms with Crippen LogP contribution in [0.2, 0.25) is 10.2 Å². The Labute approximate surface area is 228 Å². The van der Waals surface area contributed by atoms with Gasteiger partial charge in [0, 0.05) is 31.7 Å². The summed E-state index contributed by atoms with van der Waals surface area (Å²) < 4.78 is 1.57. The Morgan fingerprint density at radius 2 is 1.89 bits per heavy atom. The summed E-state index contributed by atoms with van der Waals surface area (Å²) in [4.78, 5) is 11.5. The minimum absolute atomic E-state index is 0.0308. The summed E-state index contributed by atoms with van der Waals surface area (Å²) in [5.74, 6) is 0.503. The number of halogens is 2. The molecule has 38 heavy (non-hydrogen) atoms. The zero-order valence-corrected chi connectivity index (χ0v) is 22.1. The number of aromatic nitrogens is 6. The van der Waals surface area contributed by atoms with Crippen molar-refractivity contribution < 1.29 is 0 Å². The number of nitriles is 1. The van der Waals surface area contributed by atoms with E-state index in [0.717, 1.165) is 32.4 Å². The second kappa shape index (κ2) is 8.40. The number of fused-ring (bicyclic) bond motifs is 3. The van der Waals surface area contributed by atoms with Crippen molar-refractivity contribution in [1.29, 1.82) is 5.26 Å². The lowest BCUT2D eigenvalue weighted by Crippen LogP contribution is -2.45. The molecule has 1 aliphatic heterocycles. The van der Waals surface area contributed by atoms with E-state index in [9.17, 15) is 5.26 Å². The van der Waals surface area contributed by atoms with E-state index in [1.807, 2.05) is 12.1 Å². The molecule has 2 aromatic carbocycles. The molecular formula is C27H23Cl2N9. The number of anilines is 1. The number of hydrogen-bond donors (Lipinski definition) is 2. The molecule has 0 saturated carbocycles. The van der Waals surface area contributed by atoms with Crippen LogP contribution in [0.25, 0.3) is 33.2 Å². The van der Waals surface area contributed by atoms with Gasteiger partial charge in [-0.3, -0.25) is 9.78 Å². The normalized spacial score (nSPS) is 18.4. The summed E-state index contributed by atoms with van der Waals surface area (Å²) in [7, 11) is 1.76. The monoisotopic (exact) mass is 543 g/mol.